The van der Waals surface area contributed by atoms with Crippen molar-refractivity contribution in [1.29, 1.82) is 0 Å². The number of carbonyl (C=O) groups is 9. The lowest BCUT2D eigenvalue weighted by Gasteiger charge is -2.41. The summed E-state index contributed by atoms with van der Waals surface area (Å²) in [5.74, 6) is -6.62. The van der Waals surface area contributed by atoms with Crippen molar-refractivity contribution in [3.8, 4) is 0 Å². The van der Waals surface area contributed by atoms with E-state index in [1.165, 1.54) is 31.1 Å². The van der Waals surface area contributed by atoms with Gasteiger partial charge in [0.2, 0.25) is 47.3 Å². The highest BCUT2D eigenvalue weighted by Crippen LogP contribution is 2.45. The zero-order chi connectivity index (χ0) is 84.1. The molecule has 0 bridgehead atoms. The van der Waals surface area contributed by atoms with Gasteiger partial charge in [-0.15, -0.1) is 0 Å². The Bertz CT molecular complexity index is 3600. The van der Waals surface area contributed by atoms with Crippen molar-refractivity contribution in [2.75, 3.05) is 79.6 Å². The monoisotopic (exact) mass is 1600 g/mol. The summed E-state index contributed by atoms with van der Waals surface area (Å²) in [4.78, 5) is 136. The summed E-state index contributed by atoms with van der Waals surface area (Å²) in [5.41, 5.74) is 1.81. The maximum Gasteiger partial charge on any atom is 0.410 e. The number of hydrogen-bond donors (Lipinski definition) is 6. The van der Waals surface area contributed by atoms with Crippen molar-refractivity contribution >= 4 is 59.0 Å². The predicted molar refractivity (Wildman–Crippen MR) is 433 cm³/mol. The second-order valence-corrected chi connectivity index (χ2v) is 32.1. The van der Waals surface area contributed by atoms with Gasteiger partial charge in [0.25, 0.3) is 0 Å². The Kier molecular flexibility index (Phi) is 38.3. The first-order valence-corrected chi connectivity index (χ1v) is 41.1. The van der Waals surface area contributed by atoms with Crippen LogP contribution in [-0.2, 0) is 69.3 Å². The summed E-state index contributed by atoms with van der Waals surface area (Å²) >= 11 is 0. The van der Waals surface area contributed by atoms with Crippen LogP contribution in [0, 0.1) is 35.5 Å². The molecule has 114 heavy (non-hydrogen) atoms. The average Bonchev–Trinajstić information content (AvgIpc) is 1.59. The number of methoxy groups -OCH3 is 2. The maximum atomic E-state index is 15.0. The van der Waals surface area contributed by atoms with E-state index in [2.05, 4.69) is 31.5 Å². The van der Waals surface area contributed by atoms with Gasteiger partial charge in [-0.25, -0.2) is 4.79 Å². The van der Waals surface area contributed by atoms with Crippen LogP contribution < -0.4 is 26.6 Å². The molecular formula is C87H131F3N10O14. The van der Waals surface area contributed by atoms with Gasteiger partial charge in [-0.05, 0) is 117 Å². The van der Waals surface area contributed by atoms with E-state index in [0.29, 0.717) is 101 Å². The zero-order valence-electron chi connectivity index (χ0n) is 70.2. The second kappa shape index (κ2) is 46.0. The Hall–Kier alpha value is -8.08. The van der Waals surface area contributed by atoms with Gasteiger partial charge >= 0.3 is 12.3 Å². The van der Waals surface area contributed by atoms with Crippen LogP contribution in [0.25, 0.3) is 0 Å². The molecule has 0 saturated carbocycles. The van der Waals surface area contributed by atoms with E-state index in [4.69, 9.17) is 18.9 Å². The molecule has 14 unspecified atom stereocenters. The molecular weight excluding hydrogens is 1470 g/mol. The van der Waals surface area contributed by atoms with E-state index in [-0.39, 0.29) is 81.2 Å². The molecule has 0 aliphatic carbocycles. The normalized spacial score (nSPS) is 18.8. The molecule has 9 amide bonds. The fourth-order valence-corrected chi connectivity index (χ4v) is 16.4. The third-order valence-electron chi connectivity index (χ3n) is 23.4. The number of carbonyl (C=O) groups excluding carboxylic acids is 9. The molecule has 3 saturated heterocycles. The van der Waals surface area contributed by atoms with Crippen molar-refractivity contribution in [3.05, 3.63) is 126 Å². The summed E-state index contributed by atoms with van der Waals surface area (Å²) in [5, 5.41) is 25.1. The number of benzene rings is 2. The van der Waals surface area contributed by atoms with Crippen LogP contribution >= 0.6 is 0 Å². The Morgan fingerprint density at radius 2 is 1.26 bits per heavy atom. The number of imide groups is 1. The number of aliphatic hydroxyl groups is 1. The fraction of sp³-hybridized carbons (Fsp3) is 0.644. The highest BCUT2D eigenvalue weighted by atomic mass is 19.4. The molecule has 0 aromatic heterocycles. The number of rotatable bonds is 43. The van der Waals surface area contributed by atoms with Crippen molar-refractivity contribution in [2.45, 2.75) is 251 Å². The largest absolute Gasteiger partial charge is 0.445 e. The van der Waals surface area contributed by atoms with Crippen molar-refractivity contribution < 1.29 is 80.4 Å². The number of aliphatic hydroxyl groups excluding tert-OH is 1. The van der Waals surface area contributed by atoms with Gasteiger partial charge in [0, 0.05) is 72.0 Å². The summed E-state index contributed by atoms with van der Waals surface area (Å²) < 4.78 is 68.4. The summed E-state index contributed by atoms with van der Waals surface area (Å²) in [7, 11) is 6.07. The first-order valence-electron chi connectivity index (χ1n) is 41.1. The first kappa shape index (κ1) is 94.8. The molecule has 27 heteroatoms. The highest BCUT2D eigenvalue weighted by Gasteiger charge is 2.51. The summed E-state index contributed by atoms with van der Waals surface area (Å²) in [6.45, 7) is 25.0. The zero-order valence-corrected chi connectivity index (χ0v) is 70.2. The second-order valence-electron chi connectivity index (χ2n) is 32.1. The number of likely N-dealkylation sites (N-methyl/N-ethyl adjacent to an activating group) is 2. The number of halogens is 3. The van der Waals surface area contributed by atoms with Gasteiger partial charge in [-0.3, -0.25) is 58.4 Å². The molecule has 3 fully saturated rings. The highest BCUT2D eigenvalue weighted by molar-refractivity contribution is 6.04. The Balaban J connectivity index is 1.05. The van der Waals surface area contributed by atoms with Gasteiger partial charge < -0.3 is 55.1 Å². The molecule has 3 aliphatic heterocycles. The lowest BCUT2D eigenvalue weighted by atomic mass is 9.66. The van der Waals surface area contributed by atoms with Gasteiger partial charge in [0.15, 0.2) is 0 Å². The van der Waals surface area contributed by atoms with Crippen LogP contribution in [0.15, 0.2) is 109 Å². The average molecular weight is 1600 g/mol. The van der Waals surface area contributed by atoms with Crippen LogP contribution in [-0.4, -0.2) is 224 Å². The smallest absolute Gasteiger partial charge is 0.410 e. The number of alkyl halides is 3. The van der Waals surface area contributed by atoms with Crippen molar-refractivity contribution in [2.24, 2.45) is 35.5 Å². The fourth-order valence-electron chi connectivity index (χ4n) is 16.4. The third-order valence-corrected chi connectivity index (χ3v) is 23.4. The predicted octanol–water partition coefficient (Wildman–Crippen LogP) is 11.5. The molecule has 3 aromatic rings. The minimum absolute atomic E-state index is 0.0394. The number of amides is 9. The first-order chi connectivity index (χ1) is 54.2. The van der Waals surface area contributed by atoms with E-state index in [0.717, 1.165) is 5.56 Å². The molecule has 0 radical (unpaired) electrons. The van der Waals surface area contributed by atoms with Gasteiger partial charge in [0.1, 0.15) is 30.8 Å². The van der Waals surface area contributed by atoms with E-state index >= 15 is 13.2 Å². The molecule has 3 aromatic carbocycles. The number of nitrogens with one attached hydrogen (secondary N) is 5. The van der Waals surface area contributed by atoms with Crippen LogP contribution in [0.2, 0.25) is 0 Å². The van der Waals surface area contributed by atoms with E-state index in [1.54, 1.807) is 109 Å². The van der Waals surface area contributed by atoms with Crippen molar-refractivity contribution in [3.63, 3.8) is 0 Å². The number of nitrogens with zero attached hydrogens (tertiary/aromatic N) is 5. The number of hydrogen-bond acceptors (Lipinski definition) is 16. The van der Waals surface area contributed by atoms with Gasteiger partial charge in [-0.1, -0.05) is 192 Å². The quantitative estimate of drug-likeness (QED) is 0.0227. The maximum absolute atomic E-state index is 15.0. The molecule has 3 heterocycles. The Morgan fingerprint density at radius 1 is 0.658 bits per heavy atom. The lowest BCUT2D eigenvalue weighted by molar-refractivity contribution is -0.161. The van der Waals surface area contributed by atoms with Crippen LogP contribution in [0.1, 0.15) is 189 Å². The molecule has 3 aliphatic rings. The van der Waals surface area contributed by atoms with Crippen LogP contribution in [0.3, 0.4) is 0 Å². The Labute approximate surface area is 674 Å². The van der Waals surface area contributed by atoms with Crippen molar-refractivity contribution in [1.82, 2.24) is 45.8 Å². The van der Waals surface area contributed by atoms with Gasteiger partial charge in [-0.2, -0.15) is 13.2 Å². The molecule has 634 valence electrons. The van der Waals surface area contributed by atoms with E-state index in [1.807, 2.05) is 100 Å². The number of morpholine rings is 1. The SMILES string of the molecule is CCC(C)C(C(CC(=O)N1CCCC1C(OC)C(C)C(=O)NC(C)C(O)c1ccccc1)OC)N(C)C(=O)C(NC(=O)C(C(C)C)N(C)C(=O)OCc1ccc(NC(=O)C(CCCN2CCOCC2)NC(=O)C(NC(CCCCCN2C(=O)CC(C(CC)(CC)c3ccccccccc3)C2=O)C(F)(F)F)C(C)C)cc1)C(C)C. The minimum atomic E-state index is -4.76. The number of unbranched alkanes of at least 4 members (excludes halogenated alkanes) is 2. The number of likely N-dealkylation sites (tertiary alicyclic amines) is 2. The van der Waals surface area contributed by atoms with Gasteiger partial charge in [0.05, 0.1) is 73.9 Å². The topological polar surface area (TPSA) is 287 Å². The molecule has 14 atom stereocenters. The summed E-state index contributed by atoms with van der Waals surface area (Å²) in [6, 6.07) is 24.2. The number of anilines is 1. The standard InChI is InChI=1S/C87H131F3N10O14/c1-17-59(10)76(69(111-15)54-72(102)99-48-34-40-68(99)78(112-16)60(11)79(104)91-61(12)77(103)63-35-27-25-28-36-63)96(13)84(109)74(57(6)7)95-82(107)75(58(8)9)97(14)85(110)114-55-62-42-44-65(45-43-62)92-80(105)67(39-33-46-98-49-51-113-52-50-98)93-81(106)73(56(4)5)94-70(87(88,89)90)41-31-26-32-47-100-71(101)53-66(83(100)108)86(18-2,19-3)64-37-29-23-21-20-22-24-30-38-64/h20-25,27-30,35-38,42-45,56-61,66-70,73-78,94,103H,17-19,26,31-34,39-41,46-55H2,1-16H3,(H,91,104)(H,92,105)(H,93,106)(H,95,107). The molecule has 24 nitrogen and oxygen atoms in total. The number of ether oxygens (including phenoxy) is 4. The van der Waals surface area contributed by atoms with E-state index < -0.39 is 138 Å². The van der Waals surface area contributed by atoms with E-state index in [9.17, 15) is 48.3 Å². The Morgan fingerprint density at radius 3 is 1.83 bits per heavy atom. The van der Waals surface area contributed by atoms with Crippen LogP contribution in [0.5, 0.6) is 0 Å². The molecule has 6 rings (SSSR count). The third kappa shape index (κ3) is 26.2. The minimum Gasteiger partial charge on any atom is -0.445 e. The molecule has 6 N–H and O–H groups in total. The lowest BCUT2D eigenvalue weighted by Crippen LogP contribution is -2.60. The summed E-state index contributed by atoms with van der Waals surface area (Å²) in [6.07, 6.45) is -4.12. The molecule has 0 spiro atoms. The van der Waals surface area contributed by atoms with Crippen LogP contribution in [0.4, 0.5) is 23.7 Å².